The van der Waals surface area contributed by atoms with Crippen LogP contribution < -0.4 is 5.32 Å². The minimum atomic E-state index is -3.86. The van der Waals surface area contributed by atoms with Gasteiger partial charge in [0.15, 0.2) is 0 Å². The van der Waals surface area contributed by atoms with Crippen molar-refractivity contribution in [2.75, 3.05) is 0 Å². The molecule has 0 aromatic heterocycles. The van der Waals surface area contributed by atoms with E-state index < -0.39 is 9.05 Å². The highest BCUT2D eigenvalue weighted by molar-refractivity contribution is 8.13. The lowest BCUT2D eigenvalue weighted by Crippen LogP contribution is -2.33. The summed E-state index contributed by atoms with van der Waals surface area (Å²) in [5.41, 5.74) is 1.66. The summed E-state index contributed by atoms with van der Waals surface area (Å²) in [6.07, 6.45) is 3.05. The Morgan fingerprint density at radius 1 is 1.29 bits per heavy atom. The van der Waals surface area contributed by atoms with E-state index in [4.69, 9.17) is 10.7 Å². The maximum absolute atomic E-state index is 12.3. The van der Waals surface area contributed by atoms with E-state index in [1.54, 1.807) is 19.9 Å². The van der Waals surface area contributed by atoms with Gasteiger partial charge < -0.3 is 5.32 Å². The molecule has 0 radical (unpaired) electrons. The zero-order valence-electron chi connectivity index (χ0n) is 12.4. The first-order chi connectivity index (χ1) is 9.68. The summed E-state index contributed by atoms with van der Waals surface area (Å²) in [6.45, 7) is 5.63. The highest BCUT2D eigenvalue weighted by Crippen LogP contribution is 2.26. The van der Waals surface area contributed by atoms with Crippen LogP contribution in [-0.4, -0.2) is 20.4 Å². The molecule has 1 aliphatic carbocycles. The van der Waals surface area contributed by atoms with Crippen LogP contribution in [0.15, 0.2) is 17.0 Å². The van der Waals surface area contributed by atoms with Gasteiger partial charge in [0.25, 0.3) is 15.0 Å². The summed E-state index contributed by atoms with van der Waals surface area (Å²) < 4.78 is 23.2. The maximum atomic E-state index is 12.3. The van der Waals surface area contributed by atoms with E-state index in [1.807, 2.05) is 0 Å². The Bertz CT molecular complexity index is 670. The SMILES string of the molecule is Cc1cc(C(=O)NC2CCC(C)C2)cc(S(=O)(=O)Cl)c1C. The van der Waals surface area contributed by atoms with Crippen molar-refractivity contribution in [3.63, 3.8) is 0 Å². The van der Waals surface area contributed by atoms with Crippen LogP contribution in [0, 0.1) is 19.8 Å². The molecule has 0 bridgehead atoms. The highest BCUT2D eigenvalue weighted by atomic mass is 35.7. The fraction of sp³-hybridized carbons (Fsp3) is 0.533. The van der Waals surface area contributed by atoms with Crippen molar-refractivity contribution < 1.29 is 13.2 Å². The number of aryl methyl sites for hydroxylation is 1. The van der Waals surface area contributed by atoms with E-state index in [-0.39, 0.29) is 16.8 Å². The quantitative estimate of drug-likeness (QED) is 0.866. The van der Waals surface area contributed by atoms with Crippen molar-refractivity contribution in [1.29, 1.82) is 0 Å². The number of benzene rings is 1. The number of nitrogens with one attached hydrogen (secondary N) is 1. The Morgan fingerprint density at radius 2 is 1.95 bits per heavy atom. The van der Waals surface area contributed by atoms with Crippen LogP contribution in [0.2, 0.25) is 0 Å². The largest absolute Gasteiger partial charge is 0.349 e. The van der Waals surface area contributed by atoms with Crippen LogP contribution in [0.4, 0.5) is 0 Å². The Labute approximate surface area is 130 Å². The van der Waals surface area contributed by atoms with Crippen molar-refractivity contribution in [3.8, 4) is 0 Å². The summed E-state index contributed by atoms with van der Waals surface area (Å²) in [5, 5.41) is 2.97. The predicted molar refractivity (Wildman–Crippen MR) is 83.2 cm³/mol. The lowest BCUT2D eigenvalue weighted by atomic mass is 10.1. The molecular weight excluding hydrogens is 310 g/mol. The summed E-state index contributed by atoms with van der Waals surface area (Å²) in [7, 11) is 1.59. The summed E-state index contributed by atoms with van der Waals surface area (Å²) in [6, 6.07) is 3.23. The first kappa shape index (κ1) is 16.3. The second kappa shape index (κ2) is 5.97. The molecule has 1 saturated carbocycles. The monoisotopic (exact) mass is 329 g/mol. The molecule has 1 amide bonds. The maximum Gasteiger partial charge on any atom is 0.261 e. The number of hydrogen-bond donors (Lipinski definition) is 1. The van der Waals surface area contributed by atoms with E-state index in [1.165, 1.54) is 6.07 Å². The zero-order valence-corrected chi connectivity index (χ0v) is 14.0. The number of hydrogen-bond acceptors (Lipinski definition) is 3. The molecular formula is C15H20ClNO3S. The van der Waals surface area contributed by atoms with Crippen molar-refractivity contribution in [2.24, 2.45) is 5.92 Å². The highest BCUT2D eigenvalue weighted by Gasteiger charge is 2.24. The number of carbonyl (C=O) groups is 1. The molecule has 21 heavy (non-hydrogen) atoms. The molecule has 1 N–H and O–H groups in total. The average molecular weight is 330 g/mol. The van der Waals surface area contributed by atoms with E-state index in [2.05, 4.69) is 12.2 Å². The smallest absolute Gasteiger partial charge is 0.261 e. The molecule has 0 spiro atoms. The molecule has 0 heterocycles. The molecule has 1 aromatic rings. The van der Waals surface area contributed by atoms with Crippen LogP contribution in [0.25, 0.3) is 0 Å². The van der Waals surface area contributed by atoms with Crippen LogP contribution >= 0.6 is 10.7 Å². The van der Waals surface area contributed by atoms with Gasteiger partial charge in [0.05, 0.1) is 4.90 Å². The molecule has 116 valence electrons. The molecule has 2 unspecified atom stereocenters. The number of rotatable bonds is 3. The normalized spacial score (nSPS) is 22.3. The Hall–Kier alpha value is -1.07. The topological polar surface area (TPSA) is 63.2 Å². The molecule has 1 fully saturated rings. The van der Waals surface area contributed by atoms with Gasteiger partial charge in [0, 0.05) is 22.3 Å². The molecule has 6 heteroatoms. The standard InChI is InChI=1S/C15H20ClNO3S/c1-9-4-5-13(6-9)17-15(18)12-7-10(2)11(3)14(8-12)21(16,19)20/h7-9,13H,4-6H2,1-3H3,(H,17,18). The first-order valence-corrected chi connectivity index (χ1v) is 9.36. The molecule has 2 atom stereocenters. The van der Waals surface area contributed by atoms with Gasteiger partial charge in [-0.1, -0.05) is 6.92 Å². The number of amides is 1. The number of carbonyl (C=O) groups excluding carboxylic acids is 1. The van der Waals surface area contributed by atoms with E-state index >= 15 is 0 Å². The predicted octanol–water partition coefficient (Wildman–Crippen LogP) is 3.15. The van der Waals surface area contributed by atoms with Gasteiger partial charge >= 0.3 is 0 Å². The van der Waals surface area contributed by atoms with Crippen molar-refractivity contribution in [1.82, 2.24) is 5.32 Å². The fourth-order valence-electron chi connectivity index (χ4n) is 2.82. The lowest BCUT2D eigenvalue weighted by Gasteiger charge is -2.14. The van der Waals surface area contributed by atoms with Crippen LogP contribution in [0.5, 0.6) is 0 Å². The lowest BCUT2D eigenvalue weighted by molar-refractivity contribution is 0.0937. The van der Waals surface area contributed by atoms with Gasteiger partial charge in [-0.15, -0.1) is 0 Å². The third-order valence-corrected chi connectivity index (χ3v) is 5.62. The van der Waals surface area contributed by atoms with Gasteiger partial charge in [0.1, 0.15) is 0 Å². The molecule has 1 aromatic carbocycles. The molecule has 0 saturated heterocycles. The summed E-state index contributed by atoms with van der Waals surface area (Å²) in [5.74, 6) is 0.382. The third-order valence-electron chi connectivity index (χ3n) is 4.17. The molecule has 1 aliphatic rings. The Balaban J connectivity index is 2.28. The Kier molecular flexibility index (Phi) is 4.63. The van der Waals surface area contributed by atoms with Gasteiger partial charge in [0.2, 0.25) is 0 Å². The fourth-order valence-corrected chi connectivity index (χ4v) is 4.09. The van der Waals surface area contributed by atoms with Crippen molar-refractivity contribution >= 4 is 25.6 Å². The van der Waals surface area contributed by atoms with Crippen LogP contribution in [0.1, 0.15) is 47.7 Å². The van der Waals surface area contributed by atoms with Crippen molar-refractivity contribution in [3.05, 3.63) is 28.8 Å². The van der Waals surface area contributed by atoms with Gasteiger partial charge in [-0.2, -0.15) is 0 Å². The van der Waals surface area contributed by atoms with Crippen LogP contribution in [-0.2, 0) is 9.05 Å². The van der Waals surface area contributed by atoms with E-state index in [9.17, 15) is 13.2 Å². The average Bonchev–Trinajstić information content (AvgIpc) is 2.76. The minimum Gasteiger partial charge on any atom is -0.349 e. The first-order valence-electron chi connectivity index (χ1n) is 7.05. The third kappa shape index (κ3) is 3.77. The minimum absolute atomic E-state index is 0.00843. The zero-order chi connectivity index (χ0) is 15.8. The summed E-state index contributed by atoms with van der Waals surface area (Å²) in [4.78, 5) is 12.3. The second-order valence-electron chi connectivity index (χ2n) is 5.94. The van der Waals surface area contributed by atoms with Crippen molar-refractivity contribution in [2.45, 2.75) is 51.0 Å². The van der Waals surface area contributed by atoms with Gasteiger partial charge in [-0.25, -0.2) is 8.42 Å². The molecule has 4 nitrogen and oxygen atoms in total. The second-order valence-corrected chi connectivity index (χ2v) is 8.48. The van der Waals surface area contributed by atoms with Gasteiger partial charge in [-0.3, -0.25) is 4.79 Å². The van der Waals surface area contributed by atoms with Gasteiger partial charge in [-0.05, 0) is 62.3 Å². The number of halogens is 1. The van der Waals surface area contributed by atoms with E-state index in [0.717, 1.165) is 24.8 Å². The van der Waals surface area contributed by atoms with E-state index in [0.29, 0.717) is 17.0 Å². The molecule has 0 aliphatic heterocycles. The Morgan fingerprint density at radius 3 is 2.48 bits per heavy atom. The van der Waals surface area contributed by atoms with Crippen LogP contribution in [0.3, 0.4) is 0 Å². The summed E-state index contributed by atoms with van der Waals surface area (Å²) >= 11 is 0. The molecule has 2 rings (SSSR count).